The Bertz CT molecular complexity index is 1610. The van der Waals surface area contributed by atoms with Gasteiger partial charge in [-0.25, -0.2) is 8.42 Å². The third-order valence-corrected chi connectivity index (χ3v) is 7.27. The van der Waals surface area contributed by atoms with Gasteiger partial charge in [-0.2, -0.15) is 5.10 Å². The second-order valence-electron chi connectivity index (χ2n) is 8.32. The summed E-state index contributed by atoms with van der Waals surface area (Å²) in [6.07, 6.45) is 2.34. The minimum absolute atomic E-state index is 0.0419. The topological polar surface area (TPSA) is 135 Å². The SMILES string of the molecule is Cc1ccc(NS(=O)(=O)c2ccc3c(c2)CCO3)c(=O)n1CC(=O)NCc1ccc2cn[nH]c2c1. The molecule has 4 aromatic rings. The summed E-state index contributed by atoms with van der Waals surface area (Å²) < 4.78 is 34.9. The number of nitrogens with zero attached hydrogens (tertiary/aromatic N) is 2. The lowest BCUT2D eigenvalue weighted by Crippen LogP contribution is -2.34. The molecule has 3 heterocycles. The molecule has 3 N–H and O–H groups in total. The summed E-state index contributed by atoms with van der Waals surface area (Å²) in [7, 11) is -4.00. The Morgan fingerprint density at radius 2 is 2.03 bits per heavy atom. The minimum atomic E-state index is -4.00. The van der Waals surface area contributed by atoms with E-state index >= 15 is 0 Å². The standard InChI is InChI=1S/C24H23N5O5S/c1-15-2-6-20(28-35(32,33)19-5-7-22-17(11-19)8-9-34-22)24(31)29(15)14-23(30)25-12-16-3-4-18-13-26-27-21(18)10-16/h2-7,10-11,13,28H,8-9,12,14H2,1H3,(H,25,30)(H,26,27). The van der Waals surface area contributed by atoms with Crippen LogP contribution in [0.2, 0.25) is 0 Å². The number of amides is 1. The van der Waals surface area contributed by atoms with E-state index in [1.54, 1.807) is 31.3 Å². The zero-order chi connectivity index (χ0) is 24.6. The van der Waals surface area contributed by atoms with Gasteiger partial charge in [0.1, 0.15) is 18.0 Å². The van der Waals surface area contributed by atoms with Gasteiger partial charge in [0.2, 0.25) is 5.91 Å². The number of anilines is 1. The van der Waals surface area contributed by atoms with Crippen molar-refractivity contribution in [3.63, 3.8) is 0 Å². The van der Waals surface area contributed by atoms with Crippen molar-refractivity contribution < 1.29 is 17.9 Å². The number of aryl methyl sites for hydroxylation is 1. The second kappa shape index (κ2) is 8.91. The van der Waals surface area contributed by atoms with Crippen LogP contribution in [-0.4, -0.2) is 35.7 Å². The molecule has 0 fully saturated rings. The number of H-pyrrole nitrogens is 1. The highest BCUT2D eigenvalue weighted by Gasteiger charge is 2.21. The monoisotopic (exact) mass is 493 g/mol. The molecular formula is C24H23N5O5S. The molecule has 0 radical (unpaired) electrons. The van der Waals surface area contributed by atoms with Crippen LogP contribution in [0.25, 0.3) is 10.9 Å². The van der Waals surface area contributed by atoms with Crippen molar-refractivity contribution in [2.45, 2.75) is 31.3 Å². The van der Waals surface area contributed by atoms with Gasteiger partial charge in [-0.05, 0) is 54.4 Å². The van der Waals surface area contributed by atoms with Crippen molar-refractivity contribution in [2.75, 3.05) is 11.3 Å². The van der Waals surface area contributed by atoms with Crippen molar-refractivity contribution in [3.8, 4) is 5.75 Å². The van der Waals surface area contributed by atoms with Crippen LogP contribution < -0.4 is 20.3 Å². The molecule has 10 nitrogen and oxygen atoms in total. The van der Waals surface area contributed by atoms with E-state index in [1.807, 2.05) is 18.2 Å². The van der Waals surface area contributed by atoms with Crippen LogP contribution in [0.5, 0.6) is 5.75 Å². The smallest absolute Gasteiger partial charge is 0.275 e. The Morgan fingerprint density at radius 3 is 2.89 bits per heavy atom. The molecule has 35 heavy (non-hydrogen) atoms. The van der Waals surface area contributed by atoms with E-state index < -0.39 is 15.6 Å². The highest BCUT2D eigenvalue weighted by atomic mass is 32.2. The molecule has 5 rings (SSSR count). The first kappa shape index (κ1) is 22.7. The Hall–Kier alpha value is -4.12. The van der Waals surface area contributed by atoms with Crippen LogP contribution in [0.1, 0.15) is 16.8 Å². The summed E-state index contributed by atoms with van der Waals surface area (Å²) in [6, 6.07) is 13.3. The highest BCUT2D eigenvalue weighted by molar-refractivity contribution is 7.92. The van der Waals surface area contributed by atoms with Gasteiger partial charge in [0.25, 0.3) is 15.6 Å². The van der Waals surface area contributed by atoms with Gasteiger partial charge in [-0.15, -0.1) is 0 Å². The van der Waals surface area contributed by atoms with E-state index in [0.29, 0.717) is 24.5 Å². The number of rotatable bonds is 7. The van der Waals surface area contributed by atoms with E-state index in [1.165, 1.54) is 16.7 Å². The number of benzene rings is 2. The van der Waals surface area contributed by atoms with Gasteiger partial charge >= 0.3 is 0 Å². The number of ether oxygens (including phenoxy) is 1. The lowest BCUT2D eigenvalue weighted by molar-refractivity contribution is -0.121. The lowest BCUT2D eigenvalue weighted by atomic mass is 10.1. The van der Waals surface area contributed by atoms with Crippen LogP contribution in [0.4, 0.5) is 5.69 Å². The molecule has 2 aromatic carbocycles. The van der Waals surface area contributed by atoms with Gasteiger partial charge in [0.15, 0.2) is 0 Å². The predicted octanol–water partition coefficient (Wildman–Crippen LogP) is 2.09. The molecule has 0 spiro atoms. The number of carbonyl (C=O) groups excluding carboxylic acids is 1. The summed E-state index contributed by atoms with van der Waals surface area (Å²) in [5.41, 5.74) is 2.33. The fraction of sp³-hybridized carbons (Fsp3) is 0.208. The van der Waals surface area contributed by atoms with E-state index in [0.717, 1.165) is 22.0 Å². The van der Waals surface area contributed by atoms with E-state index in [4.69, 9.17) is 4.74 Å². The summed E-state index contributed by atoms with van der Waals surface area (Å²) in [6.45, 7) is 2.22. The zero-order valence-corrected chi connectivity index (χ0v) is 19.7. The average molecular weight is 494 g/mol. The van der Waals surface area contributed by atoms with Crippen molar-refractivity contribution in [3.05, 3.63) is 81.9 Å². The van der Waals surface area contributed by atoms with Crippen LogP contribution >= 0.6 is 0 Å². The number of pyridine rings is 1. The molecule has 1 aliphatic rings. The van der Waals surface area contributed by atoms with E-state index in [9.17, 15) is 18.0 Å². The number of hydrogen-bond donors (Lipinski definition) is 3. The highest BCUT2D eigenvalue weighted by Crippen LogP contribution is 2.28. The first-order valence-corrected chi connectivity index (χ1v) is 12.5. The molecule has 0 aliphatic carbocycles. The number of aromatic nitrogens is 3. The summed E-state index contributed by atoms with van der Waals surface area (Å²) in [5, 5.41) is 10.6. The van der Waals surface area contributed by atoms with Crippen LogP contribution in [0, 0.1) is 6.92 Å². The van der Waals surface area contributed by atoms with Gasteiger partial charge in [-0.1, -0.05) is 12.1 Å². The maximum absolute atomic E-state index is 13.0. The van der Waals surface area contributed by atoms with Gasteiger partial charge < -0.3 is 14.6 Å². The van der Waals surface area contributed by atoms with Gasteiger partial charge in [0, 0.05) is 24.0 Å². The Balaban J connectivity index is 1.30. The number of sulfonamides is 1. The molecule has 1 amide bonds. The van der Waals surface area contributed by atoms with Crippen LogP contribution in [0.15, 0.2) is 64.4 Å². The van der Waals surface area contributed by atoms with Gasteiger partial charge in [0.05, 0.1) is 23.2 Å². The molecule has 0 bridgehead atoms. The molecule has 0 saturated heterocycles. The normalized spacial score (nSPS) is 12.8. The molecule has 2 aromatic heterocycles. The average Bonchev–Trinajstić information content (AvgIpc) is 3.50. The van der Waals surface area contributed by atoms with Crippen molar-refractivity contribution >= 4 is 32.5 Å². The number of carbonyl (C=O) groups is 1. The maximum Gasteiger partial charge on any atom is 0.275 e. The fourth-order valence-corrected chi connectivity index (χ4v) is 5.08. The first-order chi connectivity index (χ1) is 16.8. The number of nitrogens with one attached hydrogen (secondary N) is 3. The summed E-state index contributed by atoms with van der Waals surface area (Å²) >= 11 is 0. The largest absolute Gasteiger partial charge is 0.493 e. The zero-order valence-electron chi connectivity index (χ0n) is 18.9. The first-order valence-electron chi connectivity index (χ1n) is 11.0. The van der Waals surface area contributed by atoms with Crippen molar-refractivity contribution in [2.24, 2.45) is 0 Å². The minimum Gasteiger partial charge on any atom is -0.493 e. The summed E-state index contributed by atoms with van der Waals surface area (Å²) in [5.74, 6) is 0.288. The Kier molecular flexibility index (Phi) is 5.77. The lowest BCUT2D eigenvalue weighted by Gasteiger charge is -2.14. The van der Waals surface area contributed by atoms with Crippen molar-refractivity contribution in [1.82, 2.24) is 20.1 Å². The Labute approximate surface area is 201 Å². The van der Waals surface area contributed by atoms with Crippen LogP contribution in [0.3, 0.4) is 0 Å². The Morgan fingerprint density at radius 1 is 1.17 bits per heavy atom. The molecule has 1 aliphatic heterocycles. The molecule has 11 heteroatoms. The van der Waals surface area contributed by atoms with E-state index in [2.05, 4.69) is 20.2 Å². The predicted molar refractivity (Wildman–Crippen MR) is 130 cm³/mol. The third-order valence-electron chi connectivity index (χ3n) is 5.91. The molecular weight excluding hydrogens is 470 g/mol. The number of aromatic amines is 1. The molecule has 0 atom stereocenters. The molecule has 0 unspecified atom stereocenters. The summed E-state index contributed by atoms with van der Waals surface area (Å²) in [4.78, 5) is 25.7. The number of fused-ring (bicyclic) bond motifs is 2. The number of hydrogen-bond acceptors (Lipinski definition) is 6. The van der Waals surface area contributed by atoms with E-state index in [-0.39, 0.29) is 29.6 Å². The second-order valence-corrected chi connectivity index (χ2v) is 10.0. The fourth-order valence-electron chi connectivity index (χ4n) is 3.97. The third kappa shape index (κ3) is 4.62. The molecule has 180 valence electrons. The molecule has 0 saturated carbocycles. The maximum atomic E-state index is 13.0. The van der Waals surface area contributed by atoms with Gasteiger partial charge in [-0.3, -0.25) is 19.4 Å². The van der Waals surface area contributed by atoms with Crippen LogP contribution in [-0.2, 0) is 34.3 Å². The van der Waals surface area contributed by atoms with Crippen molar-refractivity contribution in [1.29, 1.82) is 0 Å². The quantitative estimate of drug-likeness (QED) is 0.361.